The Balaban J connectivity index is 2.64. The largest absolute Gasteiger partial charge is 0.335 e. The van der Waals surface area contributed by atoms with Crippen LogP contribution in [0.25, 0.3) is 0 Å². The highest BCUT2D eigenvalue weighted by Crippen LogP contribution is 2.25. The van der Waals surface area contributed by atoms with Gasteiger partial charge in [-0.2, -0.15) is 0 Å². The second-order valence-electron chi connectivity index (χ2n) is 5.69. The van der Waals surface area contributed by atoms with Crippen molar-refractivity contribution in [3.63, 3.8) is 0 Å². The van der Waals surface area contributed by atoms with E-state index in [9.17, 15) is 0 Å². The predicted octanol–water partition coefficient (Wildman–Crippen LogP) is 2.96. The Bertz CT molecular complexity index is 326. The van der Waals surface area contributed by atoms with Gasteiger partial charge in [-0.05, 0) is 19.4 Å². The highest BCUT2D eigenvalue weighted by Gasteiger charge is 2.25. The van der Waals surface area contributed by atoms with Crippen molar-refractivity contribution in [1.82, 2.24) is 14.9 Å². The van der Waals surface area contributed by atoms with E-state index < -0.39 is 0 Å². The van der Waals surface area contributed by atoms with Gasteiger partial charge in [0.25, 0.3) is 0 Å². The van der Waals surface area contributed by atoms with Crippen LogP contribution in [0.1, 0.15) is 53.3 Å². The van der Waals surface area contributed by atoms with Gasteiger partial charge in [0.05, 0.1) is 0 Å². The van der Waals surface area contributed by atoms with Gasteiger partial charge in [0.2, 0.25) is 0 Å². The number of nitrogens with one attached hydrogen (secondary N) is 1. The third-order valence-corrected chi connectivity index (χ3v) is 3.09. The Labute approximate surface area is 106 Å². The van der Waals surface area contributed by atoms with Crippen LogP contribution in [0, 0.1) is 0 Å². The summed E-state index contributed by atoms with van der Waals surface area (Å²) in [6.07, 6.45) is 6.29. The summed E-state index contributed by atoms with van der Waals surface area (Å²) < 4.78 is 2.29. The molecule has 1 rings (SSSR count). The molecule has 0 fully saturated rings. The molecule has 0 aromatic carbocycles. The molecule has 1 aromatic rings. The number of nitrogens with zero attached hydrogens (tertiary/aromatic N) is 2. The van der Waals surface area contributed by atoms with Crippen molar-refractivity contribution in [3.8, 4) is 0 Å². The van der Waals surface area contributed by atoms with Crippen molar-refractivity contribution in [2.24, 2.45) is 0 Å². The van der Waals surface area contributed by atoms with Gasteiger partial charge in [0.1, 0.15) is 5.82 Å². The molecule has 0 bridgehead atoms. The standard InChI is InChI=1S/C14H27N3/c1-6-10-17-11-9-16-13(17)14(4,5)7-8-15-12(2)3/h9,11-12,15H,6-8,10H2,1-5H3. The number of aromatic nitrogens is 2. The average Bonchev–Trinajstić information content (AvgIpc) is 2.66. The summed E-state index contributed by atoms with van der Waals surface area (Å²) >= 11 is 0. The van der Waals surface area contributed by atoms with Crippen LogP contribution in [-0.2, 0) is 12.0 Å². The molecule has 0 unspecified atom stereocenters. The molecule has 0 saturated carbocycles. The third-order valence-electron chi connectivity index (χ3n) is 3.09. The average molecular weight is 237 g/mol. The van der Waals surface area contributed by atoms with Gasteiger partial charge in [-0.25, -0.2) is 4.98 Å². The molecule has 1 N–H and O–H groups in total. The maximum absolute atomic E-state index is 4.54. The zero-order valence-electron chi connectivity index (χ0n) is 12.0. The Morgan fingerprint density at radius 3 is 2.71 bits per heavy atom. The first-order valence-corrected chi connectivity index (χ1v) is 6.72. The van der Waals surface area contributed by atoms with E-state index >= 15 is 0 Å². The Hall–Kier alpha value is -0.830. The number of imidazole rings is 1. The van der Waals surface area contributed by atoms with E-state index in [0.717, 1.165) is 25.9 Å². The SMILES string of the molecule is CCCn1ccnc1C(C)(C)CCNC(C)C. The van der Waals surface area contributed by atoms with E-state index in [2.05, 4.69) is 55.7 Å². The van der Waals surface area contributed by atoms with Crippen LogP contribution in [0.5, 0.6) is 0 Å². The van der Waals surface area contributed by atoms with Crippen LogP contribution < -0.4 is 5.32 Å². The van der Waals surface area contributed by atoms with Gasteiger partial charge in [-0.1, -0.05) is 34.6 Å². The second kappa shape index (κ2) is 6.20. The van der Waals surface area contributed by atoms with E-state index in [1.165, 1.54) is 5.82 Å². The minimum atomic E-state index is 0.139. The molecular formula is C14H27N3. The second-order valence-corrected chi connectivity index (χ2v) is 5.69. The number of hydrogen-bond donors (Lipinski definition) is 1. The van der Waals surface area contributed by atoms with Crippen molar-refractivity contribution >= 4 is 0 Å². The van der Waals surface area contributed by atoms with Gasteiger partial charge in [0, 0.05) is 30.4 Å². The summed E-state index contributed by atoms with van der Waals surface area (Å²) in [6, 6.07) is 0.557. The summed E-state index contributed by atoms with van der Waals surface area (Å²) in [6.45, 7) is 13.3. The van der Waals surface area contributed by atoms with Gasteiger partial charge in [0.15, 0.2) is 0 Å². The van der Waals surface area contributed by atoms with Crippen LogP contribution in [0.15, 0.2) is 12.4 Å². The third kappa shape index (κ3) is 4.15. The van der Waals surface area contributed by atoms with Crippen molar-refractivity contribution in [2.75, 3.05) is 6.54 Å². The lowest BCUT2D eigenvalue weighted by molar-refractivity contribution is 0.402. The molecule has 0 aliphatic rings. The van der Waals surface area contributed by atoms with E-state index in [0.29, 0.717) is 6.04 Å². The van der Waals surface area contributed by atoms with Gasteiger partial charge in [-0.15, -0.1) is 0 Å². The fraction of sp³-hybridized carbons (Fsp3) is 0.786. The first-order valence-electron chi connectivity index (χ1n) is 6.72. The van der Waals surface area contributed by atoms with Gasteiger partial charge < -0.3 is 9.88 Å². The lowest BCUT2D eigenvalue weighted by Crippen LogP contribution is -2.31. The quantitative estimate of drug-likeness (QED) is 0.790. The molecule has 98 valence electrons. The van der Waals surface area contributed by atoms with E-state index in [1.807, 2.05) is 6.20 Å². The molecule has 0 atom stereocenters. The maximum Gasteiger partial charge on any atom is 0.114 e. The predicted molar refractivity (Wildman–Crippen MR) is 73.3 cm³/mol. The minimum Gasteiger partial charge on any atom is -0.335 e. The molecular weight excluding hydrogens is 210 g/mol. The normalized spacial score (nSPS) is 12.4. The fourth-order valence-corrected chi connectivity index (χ4v) is 2.10. The smallest absolute Gasteiger partial charge is 0.114 e. The summed E-state index contributed by atoms with van der Waals surface area (Å²) in [7, 11) is 0. The first-order chi connectivity index (χ1) is 7.97. The molecule has 3 heteroatoms. The zero-order valence-corrected chi connectivity index (χ0v) is 12.0. The van der Waals surface area contributed by atoms with Crippen molar-refractivity contribution in [2.45, 2.75) is 65.5 Å². The first kappa shape index (κ1) is 14.2. The van der Waals surface area contributed by atoms with E-state index in [4.69, 9.17) is 0 Å². The monoisotopic (exact) mass is 237 g/mol. The lowest BCUT2D eigenvalue weighted by Gasteiger charge is -2.25. The molecule has 0 saturated heterocycles. The van der Waals surface area contributed by atoms with Crippen molar-refractivity contribution in [1.29, 1.82) is 0 Å². The molecule has 1 aromatic heterocycles. The molecule has 0 aliphatic carbocycles. The highest BCUT2D eigenvalue weighted by atomic mass is 15.1. The Morgan fingerprint density at radius 2 is 2.12 bits per heavy atom. The Morgan fingerprint density at radius 1 is 1.41 bits per heavy atom. The summed E-state index contributed by atoms with van der Waals surface area (Å²) in [4.78, 5) is 4.54. The molecule has 0 radical (unpaired) electrons. The summed E-state index contributed by atoms with van der Waals surface area (Å²) in [5, 5.41) is 3.48. The van der Waals surface area contributed by atoms with Crippen LogP contribution in [-0.4, -0.2) is 22.1 Å². The molecule has 1 heterocycles. The van der Waals surface area contributed by atoms with E-state index in [-0.39, 0.29) is 5.41 Å². The summed E-state index contributed by atoms with van der Waals surface area (Å²) in [5.41, 5.74) is 0.139. The van der Waals surface area contributed by atoms with Crippen LogP contribution >= 0.6 is 0 Å². The summed E-state index contributed by atoms with van der Waals surface area (Å²) in [5.74, 6) is 1.21. The van der Waals surface area contributed by atoms with Gasteiger partial charge >= 0.3 is 0 Å². The van der Waals surface area contributed by atoms with Crippen LogP contribution in [0.4, 0.5) is 0 Å². The lowest BCUT2D eigenvalue weighted by atomic mass is 9.88. The number of hydrogen-bond acceptors (Lipinski definition) is 2. The fourth-order valence-electron chi connectivity index (χ4n) is 2.10. The number of rotatable bonds is 7. The van der Waals surface area contributed by atoms with Crippen LogP contribution in [0.2, 0.25) is 0 Å². The molecule has 0 aliphatic heterocycles. The highest BCUT2D eigenvalue weighted by molar-refractivity contribution is 5.07. The van der Waals surface area contributed by atoms with Gasteiger partial charge in [-0.3, -0.25) is 0 Å². The maximum atomic E-state index is 4.54. The van der Waals surface area contributed by atoms with Crippen LogP contribution in [0.3, 0.4) is 0 Å². The minimum absolute atomic E-state index is 0.139. The van der Waals surface area contributed by atoms with Crippen molar-refractivity contribution in [3.05, 3.63) is 18.2 Å². The molecule has 0 spiro atoms. The van der Waals surface area contributed by atoms with Crippen molar-refractivity contribution < 1.29 is 0 Å². The zero-order chi connectivity index (χ0) is 12.9. The van der Waals surface area contributed by atoms with E-state index in [1.54, 1.807) is 0 Å². The topological polar surface area (TPSA) is 29.9 Å². The Kier molecular flexibility index (Phi) is 5.19. The molecule has 17 heavy (non-hydrogen) atoms. The molecule has 0 amide bonds. The molecule has 3 nitrogen and oxygen atoms in total. The number of aryl methyl sites for hydroxylation is 1.